The molecule has 3 aliphatic rings. The van der Waals surface area contributed by atoms with Gasteiger partial charge in [-0.3, -0.25) is 0 Å². The van der Waals surface area contributed by atoms with Gasteiger partial charge in [-0.1, -0.05) is 180 Å². The van der Waals surface area contributed by atoms with Gasteiger partial charge in [0.1, 0.15) is 0 Å². The average molecular weight is 950 g/mol. The maximum absolute atomic E-state index is 2.50. The van der Waals surface area contributed by atoms with Crippen molar-refractivity contribution in [3.63, 3.8) is 0 Å². The lowest BCUT2D eigenvalue weighted by molar-refractivity contribution is 0.443. The maximum atomic E-state index is 2.50. The Morgan fingerprint density at radius 3 is 1.21 bits per heavy atom. The second-order valence-electron chi connectivity index (χ2n) is 21.5. The highest BCUT2D eigenvalue weighted by molar-refractivity contribution is 5.92. The minimum atomic E-state index is -0.176. The van der Waals surface area contributed by atoms with Crippen molar-refractivity contribution in [2.24, 2.45) is 0 Å². The van der Waals surface area contributed by atoms with Crippen molar-refractivity contribution in [2.45, 2.75) is 102 Å². The molecule has 0 atom stereocenters. The summed E-state index contributed by atoms with van der Waals surface area (Å²) in [6.07, 6.45) is 13.1. The Hall–Kier alpha value is -7.62. The Balaban J connectivity index is 1.08. The Kier molecular flexibility index (Phi) is 12.8. The summed E-state index contributed by atoms with van der Waals surface area (Å²) in [5, 5.41) is 0. The van der Waals surface area contributed by atoms with Crippen LogP contribution in [0.3, 0.4) is 0 Å². The van der Waals surface area contributed by atoms with Crippen molar-refractivity contribution in [1.29, 1.82) is 0 Å². The molecular formula is C70H67N3. The van der Waals surface area contributed by atoms with Crippen LogP contribution in [0.2, 0.25) is 0 Å². The second-order valence-corrected chi connectivity index (χ2v) is 21.5. The molecule has 12 rings (SSSR count). The van der Waals surface area contributed by atoms with Gasteiger partial charge in [-0.05, 0) is 186 Å². The zero-order valence-corrected chi connectivity index (χ0v) is 42.9. The predicted molar refractivity (Wildman–Crippen MR) is 310 cm³/mol. The maximum Gasteiger partial charge on any atom is 0.0503 e. The lowest BCUT2D eigenvalue weighted by Gasteiger charge is -2.33. The molecule has 2 fully saturated rings. The van der Waals surface area contributed by atoms with Gasteiger partial charge in [-0.15, -0.1) is 0 Å². The van der Waals surface area contributed by atoms with Crippen LogP contribution in [0.5, 0.6) is 0 Å². The normalized spacial score (nSPS) is 15.3. The van der Waals surface area contributed by atoms with Crippen LogP contribution in [-0.4, -0.2) is 0 Å². The molecule has 3 heteroatoms. The van der Waals surface area contributed by atoms with Gasteiger partial charge in [0.05, 0.1) is 17.1 Å². The van der Waals surface area contributed by atoms with Gasteiger partial charge in [0.25, 0.3) is 0 Å². The number of aryl methyl sites for hydroxylation is 1. The van der Waals surface area contributed by atoms with E-state index in [2.05, 4.69) is 254 Å². The van der Waals surface area contributed by atoms with E-state index in [1.807, 2.05) is 0 Å². The summed E-state index contributed by atoms with van der Waals surface area (Å²) in [6, 6.07) is 82.2. The molecule has 0 aromatic heterocycles. The van der Waals surface area contributed by atoms with Gasteiger partial charge in [0, 0.05) is 39.5 Å². The first-order valence-corrected chi connectivity index (χ1v) is 27.1. The monoisotopic (exact) mass is 950 g/mol. The highest BCUT2D eigenvalue weighted by Crippen LogP contribution is 2.53. The Bertz CT molecular complexity index is 3190. The molecule has 9 aromatic rings. The van der Waals surface area contributed by atoms with Crippen molar-refractivity contribution in [1.82, 2.24) is 0 Å². The van der Waals surface area contributed by atoms with E-state index in [4.69, 9.17) is 0 Å². The second kappa shape index (κ2) is 20.1. The van der Waals surface area contributed by atoms with Crippen LogP contribution in [0.4, 0.5) is 51.2 Å². The molecule has 0 bridgehead atoms. The number of para-hydroxylation sites is 2. The molecular weight excluding hydrogens is 883 g/mol. The zero-order valence-electron chi connectivity index (χ0n) is 42.9. The first-order valence-electron chi connectivity index (χ1n) is 27.1. The lowest BCUT2D eigenvalue weighted by Crippen LogP contribution is -2.18. The Morgan fingerprint density at radius 2 is 0.726 bits per heavy atom. The van der Waals surface area contributed by atoms with Crippen LogP contribution in [-0.2, 0) is 5.41 Å². The molecule has 0 unspecified atom stereocenters. The van der Waals surface area contributed by atoms with Crippen LogP contribution in [0, 0.1) is 6.92 Å². The summed E-state index contributed by atoms with van der Waals surface area (Å²) in [5.74, 6) is 1.25. The minimum Gasteiger partial charge on any atom is -0.310 e. The molecule has 362 valence electrons. The molecule has 0 amide bonds. The highest BCUT2D eigenvalue weighted by atomic mass is 15.2. The minimum absolute atomic E-state index is 0.176. The molecule has 73 heavy (non-hydrogen) atoms. The van der Waals surface area contributed by atoms with Crippen molar-refractivity contribution >= 4 is 51.2 Å². The number of benzene rings is 9. The SMILES string of the molecule is Cc1cccc2c1-c1ccc(N(c3ccc(-c4ccccc4)cc3)c3cc(N(c4ccccc4)c4ccc(C5CCCCC5)cc4)cc(N(c4ccccc4)c4ccc(C5CCCCC5)cc4)c3)cc1C2(C)C. The third kappa shape index (κ3) is 9.16. The van der Waals surface area contributed by atoms with Gasteiger partial charge in [-0.25, -0.2) is 0 Å². The van der Waals surface area contributed by atoms with E-state index in [0.717, 1.165) is 51.2 Å². The zero-order chi connectivity index (χ0) is 49.3. The fourth-order valence-corrected chi connectivity index (χ4v) is 12.7. The summed E-state index contributed by atoms with van der Waals surface area (Å²) < 4.78 is 0. The van der Waals surface area contributed by atoms with E-state index >= 15 is 0 Å². The third-order valence-corrected chi connectivity index (χ3v) is 16.5. The first-order chi connectivity index (χ1) is 35.9. The molecule has 2 saturated carbocycles. The number of hydrogen-bond acceptors (Lipinski definition) is 3. The average Bonchev–Trinajstić information content (AvgIpc) is 3.68. The van der Waals surface area contributed by atoms with E-state index in [1.54, 1.807) is 0 Å². The predicted octanol–water partition coefficient (Wildman–Crippen LogP) is 20.5. The number of hydrogen-bond donors (Lipinski definition) is 0. The number of nitrogens with zero attached hydrogens (tertiary/aromatic N) is 3. The summed E-state index contributed by atoms with van der Waals surface area (Å²) >= 11 is 0. The van der Waals surface area contributed by atoms with Gasteiger partial charge in [-0.2, -0.15) is 0 Å². The molecule has 0 N–H and O–H groups in total. The van der Waals surface area contributed by atoms with Crippen LogP contribution < -0.4 is 14.7 Å². The molecule has 3 aliphatic carbocycles. The van der Waals surface area contributed by atoms with Crippen LogP contribution in [0.25, 0.3) is 22.3 Å². The van der Waals surface area contributed by atoms with Crippen molar-refractivity contribution in [2.75, 3.05) is 14.7 Å². The summed E-state index contributed by atoms with van der Waals surface area (Å²) in [4.78, 5) is 7.43. The Morgan fingerprint density at radius 1 is 0.329 bits per heavy atom. The highest BCUT2D eigenvalue weighted by Gasteiger charge is 2.37. The first kappa shape index (κ1) is 46.5. The number of anilines is 9. The van der Waals surface area contributed by atoms with E-state index in [0.29, 0.717) is 11.8 Å². The van der Waals surface area contributed by atoms with E-state index in [-0.39, 0.29) is 5.41 Å². The molecule has 0 saturated heterocycles. The molecule has 0 radical (unpaired) electrons. The Labute approximate surface area is 434 Å². The van der Waals surface area contributed by atoms with E-state index in [1.165, 1.54) is 114 Å². The van der Waals surface area contributed by atoms with Gasteiger partial charge < -0.3 is 14.7 Å². The number of fused-ring (bicyclic) bond motifs is 3. The van der Waals surface area contributed by atoms with Gasteiger partial charge in [0.2, 0.25) is 0 Å². The largest absolute Gasteiger partial charge is 0.310 e. The third-order valence-electron chi connectivity index (χ3n) is 16.5. The van der Waals surface area contributed by atoms with Gasteiger partial charge >= 0.3 is 0 Å². The quantitative estimate of drug-likeness (QED) is 0.121. The van der Waals surface area contributed by atoms with Crippen molar-refractivity contribution in [3.05, 3.63) is 246 Å². The molecule has 9 aromatic carbocycles. The standard InChI is InChI=1S/C70H67N3/c1-50-20-19-31-67-69(50)66-45-44-62(49-68(66)70(67,2)3)73(61-42-36-56(37-43-61)53-25-13-6-14-26-53)65-47-63(71(57-27-15-7-16-28-57)59-38-32-54(33-39-59)51-21-9-4-10-22-51)46-64(48-65)72(58-29-17-8-18-30-58)60-40-34-55(35-41-60)52-23-11-5-12-24-52/h6-8,13-20,25-49,51-52H,4-5,9-12,21-24H2,1-3H3. The van der Waals surface area contributed by atoms with E-state index < -0.39 is 0 Å². The molecule has 0 heterocycles. The van der Waals surface area contributed by atoms with Crippen LogP contribution in [0.15, 0.2) is 218 Å². The fraction of sp³-hybridized carbons (Fsp3) is 0.229. The number of rotatable bonds is 12. The molecule has 3 nitrogen and oxygen atoms in total. The van der Waals surface area contributed by atoms with Crippen LogP contribution >= 0.6 is 0 Å². The molecule has 0 aliphatic heterocycles. The van der Waals surface area contributed by atoms with Crippen molar-refractivity contribution < 1.29 is 0 Å². The van der Waals surface area contributed by atoms with Crippen molar-refractivity contribution in [3.8, 4) is 22.3 Å². The van der Waals surface area contributed by atoms with Gasteiger partial charge in [0.15, 0.2) is 0 Å². The molecule has 0 spiro atoms. The van der Waals surface area contributed by atoms with Crippen LogP contribution in [0.1, 0.15) is 118 Å². The summed E-state index contributed by atoms with van der Waals surface area (Å²) in [5.41, 5.74) is 21.9. The topological polar surface area (TPSA) is 9.72 Å². The summed E-state index contributed by atoms with van der Waals surface area (Å²) in [6.45, 7) is 7.05. The van der Waals surface area contributed by atoms with E-state index in [9.17, 15) is 0 Å². The smallest absolute Gasteiger partial charge is 0.0503 e. The fourth-order valence-electron chi connectivity index (χ4n) is 12.7. The summed E-state index contributed by atoms with van der Waals surface area (Å²) in [7, 11) is 0. The lowest BCUT2D eigenvalue weighted by atomic mass is 9.82.